The van der Waals surface area contributed by atoms with Crippen LogP contribution < -0.4 is 4.74 Å². The summed E-state index contributed by atoms with van der Waals surface area (Å²) >= 11 is 0. The fourth-order valence-electron chi connectivity index (χ4n) is 2.60. The topological polar surface area (TPSA) is 36.3 Å². The molecule has 2 aromatic rings. The predicted octanol–water partition coefficient (Wildman–Crippen LogP) is 3.38. The molecule has 0 N–H and O–H groups in total. The van der Waals surface area contributed by atoms with Gasteiger partial charge in [-0.25, -0.2) is 0 Å². The van der Waals surface area contributed by atoms with Crippen LogP contribution in [0, 0.1) is 11.3 Å². The molecule has 0 aliphatic carbocycles. The number of likely N-dealkylation sites (tertiary alicyclic amines) is 1. The van der Waals surface area contributed by atoms with Crippen LogP contribution in [-0.4, -0.2) is 24.1 Å². The monoisotopic (exact) mass is 278 g/mol. The van der Waals surface area contributed by atoms with Gasteiger partial charge in [-0.2, -0.15) is 5.26 Å². The molecular formula is C18H18N2O. The Kier molecular flexibility index (Phi) is 3.89. The Bertz CT molecular complexity index is 625. The number of ether oxygens (including phenoxy) is 1. The lowest BCUT2D eigenvalue weighted by molar-refractivity contribution is -0.00522. The number of hydrogen-bond acceptors (Lipinski definition) is 3. The zero-order valence-electron chi connectivity index (χ0n) is 12.1. The molecule has 1 heterocycles. The van der Waals surface area contributed by atoms with Crippen molar-refractivity contribution in [3.63, 3.8) is 0 Å². The summed E-state index contributed by atoms with van der Waals surface area (Å²) in [5.41, 5.74) is 2.00. The quantitative estimate of drug-likeness (QED) is 0.860. The third-order valence-electron chi connectivity index (χ3n) is 3.99. The summed E-state index contributed by atoms with van der Waals surface area (Å²) in [5, 5.41) is 8.77. The van der Waals surface area contributed by atoms with Gasteiger partial charge in [0.1, 0.15) is 11.9 Å². The van der Waals surface area contributed by atoms with Gasteiger partial charge in [-0.1, -0.05) is 30.3 Å². The Hall–Kier alpha value is -2.31. The molecule has 106 valence electrons. The van der Waals surface area contributed by atoms with E-state index in [0.717, 1.165) is 18.8 Å². The first-order valence-electron chi connectivity index (χ1n) is 7.22. The van der Waals surface area contributed by atoms with E-state index >= 15 is 0 Å². The summed E-state index contributed by atoms with van der Waals surface area (Å²) in [4.78, 5) is 2.41. The zero-order chi connectivity index (χ0) is 14.7. The number of hydrogen-bond donors (Lipinski definition) is 0. The van der Waals surface area contributed by atoms with E-state index in [1.807, 2.05) is 18.2 Å². The molecule has 0 radical (unpaired) electrons. The van der Waals surface area contributed by atoms with Crippen LogP contribution in [-0.2, 0) is 0 Å². The highest BCUT2D eigenvalue weighted by atomic mass is 16.5. The maximum absolute atomic E-state index is 8.77. The first-order valence-corrected chi connectivity index (χ1v) is 7.22. The third kappa shape index (κ3) is 3.07. The molecule has 0 bridgehead atoms. The van der Waals surface area contributed by atoms with E-state index in [0.29, 0.717) is 11.6 Å². The van der Waals surface area contributed by atoms with Crippen LogP contribution >= 0.6 is 0 Å². The molecule has 1 unspecified atom stereocenters. The fourth-order valence-corrected chi connectivity index (χ4v) is 2.60. The largest absolute Gasteiger partial charge is 0.488 e. The Balaban J connectivity index is 1.52. The van der Waals surface area contributed by atoms with Gasteiger partial charge in [-0.15, -0.1) is 0 Å². The van der Waals surface area contributed by atoms with Crippen molar-refractivity contribution in [2.75, 3.05) is 13.1 Å². The van der Waals surface area contributed by atoms with Crippen LogP contribution in [0.5, 0.6) is 5.75 Å². The van der Waals surface area contributed by atoms with Gasteiger partial charge in [-0.05, 0) is 36.8 Å². The van der Waals surface area contributed by atoms with Crippen LogP contribution in [0.1, 0.15) is 24.1 Å². The lowest BCUT2D eigenvalue weighted by Gasteiger charge is -2.42. The van der Waals surface area contributed by atoms with Gasteiger partial charge >= 0.3 is 0 Å². The molecule has 21 heavy (non-hydrogen) atoms. The number of nitriles is 1. The lowest BCUT2D eigenvalue weighted by Crippen LogP contribution is -2.54. The van der Waals surface area contributed by atoms with Gasteiger partial charge in [0.15, 0.2) is 0 Å². The smallest absolute Gasteiger partial charge is 0.124 e. The second kappa shape index (κ2) is 5.99. The highest BCUT2D eigenvalue weighted by molar-refractivity contribution is 5.34. The van der Waals surface area contributed by atoms with Gasteiger partial charge < -0.3 is 4.74 Å². The normalized spacial score (nSPS) is 16.8. The summed E-state index contributed by atoms with van der Waals surface area (Å²) in [5.74, 6) is 0.839. The van der Waals surface area contributed by atoms with E-state index in [-0.39, 0.29) is 6.10 Å². The summed E-state index contributed by atoms with van der Waals surface area (Å²) < 4.78 is 5.91. The zero-order valence-corrected chi connectivity index (χ0v) is 12.1. The van der Waals surface area contributed by atoms with Crippen molar-refractivity contribution in [2.45, 2.75) is 19.1 Å². The molecule has 3 rings (SSSR count). The minimum atomic E-state index is 0.240. The Morgan fingerprint density at radius 1 is 1.10 bits per heavy atom. The van der Waals surface area contributed by atoms with Gasteiger partial charge in [0.2, 0.25) is 0 Å². The minimum Gasteiger partial charge on any atom is -0.488 e. The Labute approximate surface area is 125 Å². The Morgan fingerprint density at radius 2 is 1.76 bits per heavy atom. The first kappa shape index (κ1) is 13.7. The maximum Gasteiger partial charge on any atom is 0.124 e. The summed E-state index contributed by atoms with van der Waals surface area (Å²) in [7, 11) is 0. The van der Waals surface area contributed by atoms with Crippen LogP contribution in [0.3, 0.4) is 0 Å². The predicted molar refractivity (Wildman–Crippen MR) is 82.0 cm³/mol. The highest BCUT2D eigenvalue weighted by Crippen LogP contribution is 2.27. The SMILES string of the molecule is CC(c1ccccc1)N1CC(Oc2ccc(C#N)cc2)C1. The van der Waals surface area contributed by atoms with E-state index in [2.05, 4.69) is 42.2 Å². The average molecular weight is 278 g/mol. The van der Waals surface area contributed by atoms with Gasteiger partial charge in [0, 0.05) is 19.1 Å². The fraction of sp³-hybridized carbons (Fsp3) is 0.278. The maximum atomic E-state index is 8.77. The molecular weight excluding hydrogens is 260 g/mol. The van der Waals surface area contributed by atoms with Crippen LogP contribution in [0.4, 0.5) is 0 Å². The van der Waals surface area contributed by atoms with E-state index in [4.69, 9.17) is 10.00 Å². The number of benzene rings is 2. The minimum absolute atomic E-state index is 0.240. The van der Waals surface area contributed by atoms with E-state index in [1.165, 1.54) is 5.56 Å². The second-order valence-electron chi connectivity index (χ2n) is 5.42. The van der Waals surface area contributed by atoms with E-state index in [1.54, 1.807) is 12.1 Å². The summed E-state index contributed by atoms with van der Waals surface area (Å²) in [6, 6.07) is 20.4. The molecule has 0 amide bonds. The molecule has 3 nitrogen and oxygen atoms in total. The molecule has 0 saturated carbocycles. The highest BCUT2D eigenvalue weighted by Gasteiger charge is 2.32. The summed E-state index contributed by atoms with van der Waals surface area (Å²) in [6.07, 6.45) is 0.240. The lowest BCUT2D eigenvalue weighted by atomic mass is 10.0. The number of rotatable bonds is 4. The van der Waals surface area contributed by atoms with Crippen LogP contribution in [0.15, 0.2) is 54.6 Å². The van der Waals surface area contributed by atoms with E-state index in [9.17, 15) is 0 Å². The van der Waals surface area contributed by atoms with Gasteiger partial charge in [0.25, 0.3) is 0 Å². The molecule has 3 heteroatoms. The van der Waals surface area contributed by atoms with Crippen molar-refractivity contribution in [2.24, 2.45) is 0 Å². The molecule has 1 saturated heterocycles. The van der Waals surface area contributed by atoms with Crippen molar-refractivity contribution in [3.8, 4) is 11.8 Å². The van der Waals surface area contributed by atoms with Crippen molar-refractivity contribution >= 4 is 0 Å². The molecule has 1 aliphatic heterocycles. The van der Waals surface area contributed by atoms with Crippen molar-refractivity contribution < 1.29 is 4.74 Å². The molecule has 0 spiro atoms. The number of nitrogens with zero attached hydrogens (tertiary/aromatic N) is 2. The standard InChI is InChI=1S/C18H18N2O/c1-14(16-5-3-2-4-6-16)20-12-18(13-20)21-17-9-7-15(11-19)8-10-17/h2-10,14,18H,12-13H2,1H3. The first-order chi connectivity index (χ1) is 10.3. The summed E-state index contributed by atoms with van der Waals surface area (Å²) in [6.45, 7) is 4.11. The van der Waals surface area contributed by atoms with E-state index < -0.39 is 0 Å². The molecule has 2 aromatic carbocycles. The van der Waals surface area contributed by atoms with Crippen molar-refractivity contribution in [1.29, 1.82) is 5.26 Å². The second-order valence-corrected chi connectivity index (χ2v) is 5.42. The Morgan fingerprint density at radius 3 is 2.38 bits per heavy atom. The molecule has 1 atom stereocenters. The van der Waals surface area contributed by atoms with Gasteiger partial charge in [0.05, 0.1) is 11.6 Å². The van der Waals surface area contributed by atoms with Crippen molar-refractivity contribution in [1.82, 2.24) is 4.90 Å². The third-order valence-corrected chi connectivity index (χ3v) is 3.99. The van der Waals surface area contributed by atoms with Crippen LogP contribution in [0.25, 0.3) is 0 Å². The average Bonchev–Trinajstić information content (AvgIpc) is 2.51. The van der Waals surface area contributed by atoms with Crippen LogP contribution in [0.2, 0.25) is 0 Å². The van der Waals surface area contributed by atoms with Crippen molar-refractivity contribution in [3.05, 3.63) is 65.7 Å². The molecule has 0 aromatic heterocycles. The van der Waals surface area contributed by atoms with Gasteiger partial charge in [-0.3, -0.25) is 4.90 Å². The molecule has 1 fully saturated rings. The molecule has 1 aliphatic rings.